The first-order valence-corrected chi connectivity index (χ1v) is 8.28. The lowest BCUT2D eigenvalue weighted by Crippen LogP contribution is -2.65. The van der Waals surface area contributed by atoms with Crippen LogP contribution in [0.25, 0.3) is 0 Å². The predicted molar refractivity (Wildman–Crippen MR) is 84.1 cm³/mol. The SMILES string of the molecule is C#CCO[C@@H]1O[C@@H]2CO[C@@H](CCC)O[C@H]2[C@H](OC(C)=O)[C@H]1OC(C)=O. The van der Waals surface area contributed by atoms with Gasteiger partial charge < -0.3 is 28.4 Å². The van der Waals surface area contributed by atoms with Gasteiger partial charge in [-0.1, -0.05) is 19.3 Å². The van der Waals surface area contributed by atoms with Crippen LogP contribution in [0.5, 0.6) is 0 Å². The molecule has 0 aromatic heterocycles. The van der Waals surface area contributed by atoms with E-state index in [9.17, 15) is 9.59 Å². The lowest BCUT2D eigenvalue weighted by atomic mass is 9.97. The Balaban J connectivity index is 2.24. The van der Waals surface area contributed by atoms with Gasteiger partial charge in [-0.3, -0.25) is 9.59 Å². The number of ether oxygens (including phenoxy) is 6. The van der Waals surface area contributed by atoms with Crippen molar-refractivity contribution in [1.82, 2.24) is 0 Å². The Morgan fingerprint density at radius 1 is 1.16 bits per heavy atom. The summed E-state index contributed by atoms with van der Waals surface area (Å²) in [7, 11) is 0. The van der Waals surface area contributed by atoms with Gasteiger partial charge in [-0.25, -0.2) is 0 Å². The highest BCUT2D eigenvalue weighted by atomic mass is 16.8. The molecule has 0 N–H and O–H groups in total. The van der Waals surface area contributed by atoms with Crippen LogP contribution < -0.4 is 0 Å². The number of hydrogen-bond acceptors (Lipinski definition) is 8. The van der Waals surface area contributed by atoms with E-state index >= 15 is 0 Å². The maximum Gasteiger partial charge on any atom is 0.303 e. The number of carbonyl (C=O) groups is 2. The second-order valence-corrected chi connectivity index (χ2v) is 5.86. The van der Waals surface area contributed by atoms with Crippen molar-refractivity contribution >= 4 is 11.9 Å². The summed E-state index contributed by atoms with van der Waals surface area (Å²) < 4.78 is 33.5. The quantitative estimate of drug-likeness (QED) is 0.509. The van der Waals surface area contributed by atoms with Crippen molar-refractivity contribution in [2.45, 2.75) is 70.6 Å². The Labute approximate surface area is 147 Å². The summed E-state index contributed by atoms with van der Waals surface area (Å²) in [5, 5.41) is 0. The maximum atomic E-state index is 11.6. The van der Waals surface area contributed by atoms with Gasteiger partial charge >= 0.3 is 11.9 Å². The average molecular weight is 356 g/mol. The highest BCUT2D eigenvalue weighted by molar-refractivity contribution is 5.67. The molecule has 0 radical (unpaired) electrons. The zero-order chi connectivity index (χ0) is 18.4. The van der Waals surface area contributed by atoms with Crippen LogP contribution in [0.3, 0.4) is 0 Å². The van der Waals surface area contributed by atoms with Crippen molar-refractivity contribution in [2.24, 2.45) is 0 Å². The number of carbonyl (C=O) groups excluding carboxylic acids is 2. The fourth-order valence-corrected chi connectivity index (χ4v) is 2.89. The van der Waals surface area contributed by atoms with Gasteiger partial charge in [-0.15, -0.1) is 6.42 Å². The van der Waals surface area contributed by atoms with E-state index in [1.165, 1.54) is 13.8 Å². The number of hydrogen-bond donors (Lipinski definition) is 0. The fraction of sp³-hybridized carbons (Fsp3) is 0.765. The molecule has 6 atom stereocenters. The molecule has 2 fully saturated rings. The zero-order valence-electron chi connectivity index (χ0n) is 14.6. The molecule has 0 bridgehead atoms. The highest BCUT2D eigenvalue weighted by Crippen LogP contribution is 2.33. The normalized spacial score (nSPS) is 34.5. The van der Waals surface area contributed by atoms with Crippen LogP contribution in [0.1, 0.15) is 33.6 Å². The van der Waals surface area contributed by atoms with Crippen LogP contribution in [-0.2, 0) is 38.0 Å². The summed E-state index contributed by atoms with van der Waals surface area (Å²) in [6.45, 7) is 4.73. The lowest BCUT2D eigenvalue weighted by molar-refractivity contribution is -0.359. The van der Waals surface area contributed by atoms with Crippen molar-refractivity contribution in [3.05, 3.63) is 0 Å². The van der Waals surface area contributed by atoms with Crippen molar-refractivity contribution in [3.63, 3.8) is 0 Å². The summed E-state index contributed by atoms with van der Waals surface area (Å²) in [6.07, 6.45) is 2.30. The minimum atomic E-state index is -0.989. The van der Waals surface area contributed by atoms with Gasteiger partial charge in [0.1, 0.15) is 18.8 Å². The summed E-state index contributed by atoms with van der Waals surface area (Å²) in [4.78, 5) is 23.1. The van der Waals surface area contributed by atoms with Crippen molar-refractivity contribution in [3.8, 4) is 12.3 Å². The number of terminal acetylenes is 1. The van der Waals surface area contributed by atoms with E-state index in [0.717, 1.165) is 6.42 Å². The Hall–Kier alpha value is -1.66. The van der Waals surface area contributed by atoms with Gasteiger partial charge in [0.05, 0.1) is 6.61 Å². The standard InChI is InChI=1S/C17H24O8/c1-5-7-13-21-9-12-14(25-13)15(22-10(3)18)16(23-11(4)19)17(24-12)20-8-6-2/h2,12-17H,5,7-9H2,1,3-4H3/t12-,13-,14-,15+,16-,17-/m1/s1. The minimum Gasteiger partial charge on any atom is -0.455 e. The number of rotatable bonds is 6. The van der Waals surface area contributed by atoms with E-state index in [-0.39, 0.29) is 13.2 Å². The van der Waals surface area contributed by atoms with Gasteiger partial charge in [0.25, 0.3) is 0 Å². The van der Waals surface area contributed by atoms with Crippen LogP contribution in [0.2, 0.25) is 0 Å². The third kappa shape index (κ3) is 5.16. The van der Waals surface area contributed by atoms with E-state index < -0.39 is 48.9 Å². The molecule has 8 nitrogen and oxygen atoms in total. The van der Waals surface area contributed by atoms with Crippen LogP contribution in [0.15, 0.2) is 0 Å². The Kier molecular flexibility index (Phi) is 7.20. The Morgan fingerprint density at radius 3 is 2.44 bits per heavy atom. The molecule has 0 aromatic rings. The monoisotopic (exact) mass is 356 g/mol. The second-order valence-electron chi connectivity index (χ2n) is 5.86. The molecule has 8 heteroatoms. The molecule has 140 valence electrons. The molecule has 2 saturated heterocycles. The van der Waals surface area contributed by atoms with E-state index in [1.807, 2.05) is 6.92 Å². The Morgan fingerprint density at radius 2 is 1.84 bits per heavy atom. The molecule has 0 amide bonds. The summed E-state index contributed by atoms with van der Waals surface area (Å²) in [5.74, 6) is 1.24. The number of esters is 2. The summed E-state index contributed by atoms with van der Waals surface area (Å²) in [5.41, 5.74) is 0. The molecule has 0 aromatic carbocycles. The smallest absolute Gasteiger partial charge is 0.303 e. The van der Waals surface area contributed by atoms with Crippen LogP contribution in [0.4, 0.5) is 0 Å². The Bertz CT molecular complexity index is 513. The first-order valence-electron chi connectivity index (χ1n) is 8.28. The van der Waals surface area contributed by atoms with Gasteiger partial charge in [-0.05, 0) is 6.42 Å². The third-order valence-corrected chi connectivity index (χ3v) is 3.81. The van der Waals surface area contributed by atoms with Crippen molar-refractivity contribution < 1.29 is 38.0 Å². The molecular weight excluding hydrogens is 332 g/mol. The topological polar surface area (TPSA) is 89.5 Å². The van der Waals surface area contributed by atoms with Crippen molar-refractivity contribution in [1.29, 1.82) is 0 Å². The van der Waals surface area contributed by atoms with Gasteiger partial charge in [0, 0.05) is 13.8 Å². The molecular formula is C17H24O8. The molecule has 0 unspecified atom stereocenters. The predicted octanol–water partition coefficient (Wildman–Crippen LogP) is 0.766. The minimum absolute atomic E-state index is 0.0488. The van der Waals surface area contributed by atoms with E-state index in [0.29, 0.717) is 6.42 Å². The molecule has 2 heterocycles. The van der Waals surface area contributed by atoms with Crippen molar-refractivity contribution in [2.75, 3.05) is 13.2 Å². The molecule has 0 spiro atoms. The molecule has 25 heavy (non-hydrogen) atoms. The maximum absolute atomic E-state index is 11.6. The highest BCUT2D eigenvalue weighted by Gasteiger charge is 2.53. The van der Waals surface area contributed by atoms with Crippen LogP contribution in [0, 0.1) is 12.3 Å². The van der Waals surface area contributed by atoms with Gasteiger partial charge in [0.2, 0.25) is 0 Å². The largest absolute Gasteiger partial charge is 0.455 e. The molecule has 2 rings (SSSR count). The first-order chi connectivity index (χ1) is 12.0. The second kappa shape index (κ2) is 9.15. The molecule has 0 aliphatic carbocycles. The van der Waals surface area contributed by atoms with Gasteiger partial charge in [-0.2, -0.15) is 0 Å². The molecule has 0 saturated carbocycles. The van der Waals surface area contributed by atoms with E-state index in [4.69, 9.17) is 34.8 Å². The molecule has 2 aliphatic heterocycles. The summed E-state index contributed by atoms with van der Waals surface area (Å²) >= 11 is 0. The lowest BCUT2D eigenvalue weighted by Gasteiger charge is -2.47. The van der Waals surface area contributed by atoms with E-state index in [2.05, 4.69) is 5.92 Å². The average Bonchev–Trinajstić information content (AvgIpc) is 2.55. The summed E-state index contributed by atoms with van der Waals surface area (Å²) in [6, 6.07) is 0. The van der Waals surface area contributed by atoms with Gasteiger partial charge in [0.15, 0.2) is 24.8 Å². The third-order valence-electron chi connectivity index (χ3n) is 3.81. The van der Waals surface area contributed by atoms with Crippen LogP contribution in [-0.4, -0.2) is 62.1 Å². The number of fused-ring (bicyclic) bond motifs is 1. The first kappa shape index (κ1) is 19.7. The zero-order valence-corrected chi connectivity index (χ0v) is 14.6. The molecule has 2 aliphatic rings. The van der Waals surface area contributed by atoms with Crippen LogP contribution >= 0.6 is 0 Å². The fourth-order valence-electron chi connectivity index (χ4n) is 2.89. The van der Waals surface area contributed by atoms with E-state index in [1.54, 1.807) is 0 Å².